The normalized spacial score (nSPS) is 10.7. The third kappa shape index (κ3) is 3.83. The van der Waals surface area contributed by atoms with Crippen LogP contribution in [0.2, 0.25) is 0 Å². The number of aromatic carboxylic acids is 2. The summed E-state index contributed by atoms with van der Waals surface area (Å²) in [6, 6.07) is 7.77. The molecule has 9 heteroatoms. The van der Waals surface area contributed by atoms with Crippen molar-refractivity contribution in [2.45, 2.75) is 0 Å². The standard InChI is InChI=1S/C17H15N3O6/c1-19(2)13-6-4-3-5-10(13)7-8-12-14(20(25)26)9-11(16(21)22)15(18-12)17(23)24/h3-9H,1-2H3,(H,21,22)(H,23,24)/p-2/b8-7+. The number of rotatable bonds is 6. The number of benzene rings is 1. The second-order valence-electron chi connectivity index (χ2n) is 5.41. The molecular weight excluding hydrogens is 342 g/mol. The van der Waals surface area contributed by atoms with E-state index in [2.05, 4.69) is 4.98 Å². The van der Waals surface area contributed by atoms with Crippen molar-refractivity contribution in [3.63, 3.8) is 0 Å². The van der Waals surface area contributed by atoms with Gasteiger partial charge in [0.15, 0.2) is 0 Å². The van der Waals surface area contributed by atoms with E-state index in [4.69, 9.17) is 0 Å². The summed E-state index contributed by atoms with van der Waals surface area (Å²) in [4.78, 5) is 37.9. The Morgan fingerprint density at radius 3 is 2.31 bits per heavy atom. The highest BCUT2D eigenvalue weighted by Gasteiger charge is 2.19. The second-order valence-corrected chi connectivity index (χ2v) is 5.41. The summed E-state index contributed by atoms with van der Waals surface area (Å²) in [5.74, 6) is -3.77. The van der Waals surface area contributed by atoms with Crippen molar-refractivity contribution in [3.05, 3.63) is 63.0 Å². The van der Waals surface area contributed by atoms with Gasteiger partial charge in [-0.25, -0.2) is 4.98 Å². The third-order valence-electron chi connectivity index (χ3n) is 3.48. The minimum absolute atomic E-state index is 0.312. The quantitative estimate of drug-likeness (QED) is 0.519. The van der Waals surface area contributed by atoms with Crippen LogP contribution >= 0.6 is 0 Å². The van der Waals surface area contributed by atoms with Crippen LogP contribution in [0.5, 0.6) is 0 Å². The summed E-state index contributed by atoms with van der Waals surface area (Å²) < 4.78 is 0. The fourth-order valence-electron chi connectivity index (χ4n) is 2.30. The maximum atomic E-state index is 11.2. The molecule has 1 heterocycles. The topological polar surface area (TPSA) is 140 Å². The average Bonchev–Trinajstić information content (AvgIpc) is 2.58. The molecule has 2 rings (SSSR count). The van der Waals surface area contributed by atoms with Crippen LogP contribution in [0.25, 0.3) is 12.2 Å². The highest BCUT2D eigenvalue weighted by Crippen LogP contribution is 2.25. The van der Waals surface area contributed by atoms with Crippen LogP contribution in [0, 0.1) is 10.1 Å². The van der Waals surface area contributed by atoms with Crippen LogP contribution in [-0.4, -0.2) is 35.9 Å². The van der Waals surface area contributed by atoms with Gasteiger partial charge in [0.2, 0.25) is 0 Å². The van der Waals surface area contributed by atoms with Gasteiger partial charge in [-0.2, -0.15) is 0 Å². The summed E-state index contributed by atoms with van der Waals surface area (Å²) >= 11 is 0. The molecule has 1 aromatic heterocycles. The Hall–Kier alpha value is -3.75. The van der Waals surface area contributed by atoms with Crippen molar-refractivity contribution in [2.24, 2.45) is 0 Å². The first-order chi connectivity index (χ1) is 12.2. The van der Waals surface area contributed by atoms with Crippen molar-refractivity contribution in [1.29, 1.82) is 0 Å². The van der Waals surface area contributed by atoms with Crippen molar-refractivity contribution >= 4 is 35.5 Å². The maximum Gasteiger partial charge on any atom is 0.295 e. The summed E-state index contributed by atoms with van der Waals surface area (Å²) in [6.07, 6.45) is 2.76. The van der Waals surface area contributed by atoms with E-state index in [1.54, 1.807) is 12.1 Å². The minimum atomic E-state index is -1.90. The molecule has 0 bridgehead atoms. The van der Waals surface area contributed by atoms with E-state index in [1.807, 2.05) is 31.1 Å². The number of para-hydroxylation sites is 1. The highest BCUT2D eigenvalue weighted by molar-refractivity contribution is 5.99. The molecule has 2 aromatic rings. The number of carbonyl (C=O) groups excluding carboxylic acids is 2. The van der Waals surface area contributed by atoms with Gasteiger partial charge in [-0.1, -0.05) is 24.3 Å². The number of hydrogen-bond acceptors (Lipinski definition) is 8. The third-order valence-corrected chi connectivity index (χ3v) is 3.48. The van der Waals surface area contributed by atoms with E-state index >= 15 is 0 Å². The van der Waals surface area contributed by atoms with E-state index in [0.717, 1.165) is 5.69 Å². The zero-order valence-corrected chi connectivity index (χ0v) is 13.8. The van der Waals surface area contributed by atoms with E-state index in [-0.39, 0.29) is 5.69 Å². The lowest BCUT2D eigenvalue weighted by atomic mass is 10.1. The van der Waals surface area contributed by atoms with Gasteiger partial charge in [0.1, 0.15) is 5.69 Å². The number of hydrogen-bond donors (Lipinski definition) is 0. The Labute approximate surface area is 148 Å². The van der Waals surface area contributed by atoms with Gasteiger partial charge in [-0.15, -0.1) is 0 Å². The molecule has 26 heavy (non-hydrogen) atoms. The summed E-state index contributed by atoms with van der Waals surface area (Å²) in [7, 11) is 3.63. The average molecular weight is 355 g/mol. The van der Waals surface area contributed by atoms with Crippen molar-refractivity contribution in [3.8, 4) is 0 Å². The van der Waals surface area contributed by atoms with Gasteiger partial charge in [0.05, 0.1) is 22.6 Å². The molecule has 0 fully saturated rings. The highest BCUT2D eigenvalue weighted by atomic mass is 16.6. The SMILES string of the molecule is CN(C)c1ccccc1/C=C/c1nc(C(=O)[O-])c(C(=O)[O-])cc1[N+](=O)[O-]. The molecule has 0 aliphatic rings. The zero-order chi connectivity index (χ0) is 19.4. The molecule has 0 amide bonds. The zero-order valence-electron chi connectivity index (χ0n) is 13.8. The Balaban J connectivity index is 2.62. The molecule has 0 radical (unpaired) electrons. The second kappa shape index (κ2) is 7.43. The smallest absolute Gasteiger partial charge is 0.295 e. The number of nitro groups is 1. The number of aromatic nitrogens is 1. The number of nitrogens with zero attached hydrogens (tertiary/aromatic N) is 3. The number of carbonyl (C=O) groups is 2. The largest absolute Gasteiger partial charge is 0.545 e. The van der Waals surface area contributed by atoms with Gasteiger partial charge in [0.25, 0.3) is 5.69 Å². The molecule has 0 saturated carbocycles. The number of carboxylic acid groups (broad SMARTS) is 2. The Kier molecular flexibility index (Phi) is 5.31. The monoisotopic (exact) mass is 355 g/mol. The summed E-state index contributed by atoms with van der Waals surface area (Å²) in [5.41, 5.74) is -1.30. The fraction of sp³-hybridized carbons (Fsp3) is 0.118. The Morgan fingerprint density at radius 1 is 1.12 bits per heavy atom. The molecule has 0 aliphatic carbocycles. The van der Waals surface area contributed by atoms with Gasteiger partial charge in [-0.05, 0) is 17.7 Å². The predicted octanol–water partition coefficient (Wildman–Crippen LogP) is -0.0468. The molecule has 0 spiro atoms. The van der Waals surface area contributed by atoms with E-state index < -0.39 is 33.8 Å². The van der Waals surface area contributed by atoms with Crippen molar-refractivity contribution in [1.82, 2.24) is 4.98 Å². The maximum absolute atomic E-state index is 11.2. The molecule has 0 N–H and O–H groups in total. The van der Waals surface area contributed by atoms with Crippen LogP contribution in [0.4, 0.5) is 11.4 Å². The summed E-state index contributed by atoms with van der Waals surface area (Å²) in [5, 5.41) is 33.3. The molecular formula is C17H13N3O6-2. The van der Waals surface area contributed by atoms with Gasteiger partial charge < -0.3 is 24.7 Å². The Morgan fingerprint density at radius 2 is 1.77 bits per heavy atom. The number of carboxylic acids is 2. The molecule has 9 nitrogen and oxygen atoms in total. The van der Waals surface area contributed by atoms with Crippen LogP contribution in [0.1, 0.15) is 32.1 Å². The van der Waals surface area contributed by atoms with Gasteiger partial charge in [0, 0.05) is 31.4 Å². The molecule has 0 atom stereocenters. The lowest BCUT2D eigenvalue weighted by molar-refractivity contribution is -0.385. The van der Waals surface area contributed by atoms with E-state index in [9.17, 15) is 29.9 Å². The van der Waals surface area contributed by atoms with Crippen LogP contribution in [0.15, 0.2) is 30.3 Å². The van der Waals surface area contributed by atoms with Crippen LogP contribution in [0.3, 0.4) is 0 Å². The predicted molar refractivity (Wildman–Crippen MR) is 89.2 cm³/mol. The molecule has 0 saturated heterocycles. The van der Waals surface area contributed by atoms with Crippen LogP contribution < -0.4 is 15.1 Å². The minimum Gasteiger partial charge on any atom is -0.545 e. The van der Waals surface area contributed by atoms with Crippen molar-refractivity contribution in [2.75, 3.05) is 19.0 Å². The lowest BCUT2D eigenvalue weighted by Crippen LogP contribution is -2.31. The molecule has 1 aromatic carbocycles. The van der Waals surface area contributed by atoms with Gasteiger partial charge >= 0.3 is 0 Å². The summed E-state index contributed by atoms with van der Waals surface area (Å²) in [6.45, 7) is 0. The lowest BCUT2D eigenvalue weighted by Gasteiger charge is -2.15. The first-order valence-electron chi connectivity index (χ1n) is 7.29. The molecule has 134 valence electrons. The molecule has 0 unspecified atom stereocenters. The number of pyridine rings is 1. The fourth-order valence-corrected chi connectivity index (χ4v) is 2.30. The van der Waals surface area contributed by atoms with E-state index in [0.29, 0.717) is 11.6 Å². The number of anilines is 1. The van der Waals surface area contributed by atoms with Crippen molar-refractivity contribution < 1.29 is 24.7 Å². The van der Waals surface area contributed by atoms with E-state index in [1.165, 1.54) is 12.2 Å². The van der Waals surface area contributed by atoms with Crippen LogP contribution in [-0.2, 0) is 0 Å². The van der Waals surface area contributed by atoms with Gasteiger partial charge in [-0.3, -0.25) is 10.1 Å². The first-order valence-corrected chi connectivity index (χ1v) is 7.29. The first kappa shape index (κ1) is 18.6. The molecule has 0 aliphatic heterocycles. The Bertz CT molecular complexity index is 921.